The zero-order valence-electron chi connectivity index (χ0n) is 11.7. The molecule has 112 valence electrons. The zero-order valence-corrected chi connectivity index (χ0v) is 11.7. The van der Waals surface area contributed by atoms with Crippen molar-refractivity contribution in [3.63, 3.8) is 0 Å². The Labute approximate surface area is 122 Å². The molecule has 2 aliphatic rings. The highest BCUT2D eigenvalue weighted by Gasteiger charge is 2.54. The van der Waals surface area contributed by atoms with Crippen LogP contribution in [0.5, 0.6) is 0 Å². The lowest BCUT2D eigenvalue weighted by molar-refractivity contribution is -0.497. The van der Waals surface area contributed by atoms with Gasteiger partial charge in [0.25, 0.3) is 0 Å². The number of carbonyl (C=O) groups is 1. The van der Waals surface area contributed by atoms with E-state index in [4.69, 9.17) is 4.74 Å². The van der Waals surface area contributed by atoms with E-state index in [2.05, 4.69) is 17.0 Å². The fraction of sp³-hybridized carbons (Fsp3) is 0.533. The summed E-state index contributed by atoms with van der Waals surface area (Å²) in [6.45, 7) is 2.18. The Morgan fingerprint density at radius 2 is 2.14 bits per heavy atom. The maximum Gasteiger partial charge on any atom is 0.316 e. The van der Waals surface area contributed by atoms with Gasteiger partial charge < -0.3 is 9.64 Å². The van der Waals surface area contributed by atoms with Gasteiger partial charge in [-0.2, -0.15) is 0 Å². The highest BCUT2D eigenvalue weighted by atomic mass is 16.6. The van der Waals surface area contributed by atoms with Crippen molar-refractivity contribution in [2.75, 3.05) is 24.6 Å². The Kier molecular flexibility index (Phi) is 3.77. The van der Waals surface area contributed by atoms with E-state index in [1.807, 2.05) is 18.2 Å². The van der Waals surface area contributed by atoms with Crippen molar-refractivity contribution >= 4 is 11.7 Å². The summed E-state index contributed by atoms with van der Waals surface area (Å²) in [5.41, 5.74) is 1.18. The second-order valence-corrected chi connectivity index (χ2v) is 5.76. The predicted molar refractivity (Wildman–Crippen MR) is 76.6 cm³/mol. The second kappa shape index (κ2) is 5.71. The van der Waals surface area contributed by atoms with Gasteiger partial charge in [0.1, 0.15) is 5.92 Å². The van der Waals surface area contributed by atoms with Gasteiger partial charge in [0, 0.05) is 36.0 Å². The Morgan fingerprint density at radius 1 is 1.38 bits per heavy atom. The molecule has 2 fully saturated rings. The molecule has 0 amide bonds. The molecule has 1 aromatic rings. The molecule has 21 heavy (non-hydrogen) atoms. The van der Waals surface area contributed by atoms with Crippen molar-refractivity contribution in [1.29, 1.82) is 0 Å². The predicted octanol–water partition coefficient (Wildman–Crippen LogP) is 1.72. The Morgan fingerprint density at radius 3 is 2.81 bits per heavy atom. The van der Waals surface area contributed by atoms with Crippen molar-refractivity contribution in [3.8, 4) is 0 Å². The summed E-state index contributed by atoms with van der Waals surface area (Å²) in [4.78, 5) is 24.1. The number of esters is 1. The molecule has 0 aromatic heterocycles. The molecule has 0 spiro atoms. The molecule has 1 aliphatic carbocycles. The monoisotopic (exact) mass is 290 g/mol. The molecule has 0 unspecified atom stereocenters. The Hall–Kier alpha value is -2.11. The Bertz CT molecular complexity index is 534. The third-order valence-corrected chi connectivity index (χ3v) is 4.20. The van der Waals surface area contributed by atoms with E-state index in [1.54, 1.807) is 0 Å². The first kappa shape index (κ1) is 13.9. The number of nitrogens with zero attached hydrogens (tertiary/aromatic N) is 2. The molecule has 0 bridgehead atoms. The quantitative estimate of drug-likeness (QED) is 0.469. The van der Waals surface area contributed by atoms with Crippen LogP contribution in [0.1, 0.15) is 12.8 Å². The minimum Gasteiger partial charge on any atom is -0.465 e. The summed E-state index contributed by atoms with van der Waals surface area (Å²) in [5, 5.41) is 10.5. The largest absolute Gasteiger partial charge is 0.465 e. The van der Waals surface area contributed by atoms with Crippen molar-refractivity contribution in [3.05, 3.63) is 40.4 Å². The maximum atomic E-state index is 11.7. The van der Waals surface area contributed by atoms with Crippen LogP contribution in [0.3, 0.4) is 0 Å². The van der Waals surface area contributed by atoms with Gasteiger partial charge in [0.2, 0.25) is 6.04 Å². The van der Waals surface area contributed by atoms with Gasteiger partial charge in [-0.25, -0.2) is 0 Å². The van der Waals surface area contributed by atoms with Gasteiger partial charge in [0.15, 0.2) is 0 Å². The molecular formula is C15H18N2O4. The highest BCUT2D eigenvalue weighted by Crippen LogP contribution is 2.34. The van der Waals surface area contributed by atoms with Gasteiger partial charge in [-0.3, -0.25) is 14.9 Å². The van der Waals surface area contributed by atoms with E-state index in [1.165, 1.54) is 5.69 Å². The molecule has 1 aliphatic heterocycles. The number of hydrogen-bond donors (Lipinski definition) is 0. The zero-order chi connectivity index (χ0) is 14.8. The van der Waals surface area contributed by atoms with E-state index in [-0.39, 0.29) is 0 Å². The lowest BCUT2D eigenvalue weighted by Gasteiger charge is -2.18. The van der Waals surface area contributed by atoms with Crippen LogP contribution in [0.25, 0.3) is 0 Å². The molecule has 0 N–H and O–H groups in total. The smallest absolute Gasteiger partial charge is 0.316 e. The minimum absolute atomic E-state index is 0.307. The number of ether oxygens (including phenoxy) is 1. The van der Waals surface area contributed by atoms with E-state index < -0.39 is 22.9 Å². The molecule has 1 saturated heterocycles. The molecular weight excluding hydrogens is 272 g/mol. The summed E-state index contributed by atoms with van der Waals surface area (Å²) in [5.74, 6) is -0.622. The van der Waals surface area contributed by atoms with Crippen LogP contribution in [-0.4, -0.2) is 36.6 Å². The van der Waals surface area contributed by atoms with Crippen LogP contribution < -0.4 is 4.90 Å². The third kappa shape index (κ3) is 3.15. The lowest BCUT2D eigenvalue weighted by atomic mass is 10.1. The molecule has 3 rings (SSSR count). The van der Waals surface area contributed by atoms with Gasteiger partial charge in [-0.15, -0.1) is 0 Å². The van der Waals surface area contributed by atoms with E-state index in [0.717, 1.165) is 19.5 Å². The normalized spacial score (nSPS) is 27.4. The number of para-hydroxylation sites is 1. The fourth-order valence-corrected chi connectivity index (χ4v) is 2.82. The molecule has 6 heteroatoms. The number of carbonyl (C=O) groups excluding carboxylic acids is 1. The number of benzene rings is 1. The van der Waals surface area contributed by atoms with Crippen molar-refractivity contribution in [2.45, 2.75) is 18.9 Å². The van der Waals surface area contributed by atoms with Crippen LogP contribution in [0.15, 0.2) is 30.3 Å². The Balaban J connectivity index is 1.43. The van der Waals surface area contributed by atoms with Crippen LogP contribution in [0.2, 0.25) is 0 Å². The number of anilines is 1. The molecule has 3 atom stereocenters. The van der Waals surface area contributed by atoms with Crippen molar-refractivity contribution < 1.29 is 14.5 Å². The third-order valence-electron chi connectivity index (χ3n) is 4.20. The summed E-state index contributed by atoms with van der Waals surface area (Å²) >= 11 is 0. The van der Waals surface area contributed by atoms with Gasteiger partial charge in [-0.1, -0.05) is 18.2 Å². The summed E-state index contributed by atoms with van der Waals surface area (Å²) in [7, 11) is 0. The fourth-order valence-electron chi connectivity index (χ4n) is 2.82. The average Bonchev–Trinajstić information content (AvgIpc) is 3.17. The van der Waals surface area contributed by atoms with Gasteiger partial charge in [-0.05, 0) is 18.6 Å². The topological polar surface area (TPSA) is 72.7 Å². The van der Waals surface area contributed by atoms with E-state index >= 15 is 0 Å². The van der Waals surface area contributed by atoms with Gasteiger partial charge >= 0.3 is 5.97 Å². The molecule has 0 radical (unpaired) electrons. The maximum absolute atomic E-state index is 11.7. The van der Waals surface area contributed by atoms with E-state index in [0.29, 0.717) is 18.9 Å². The summed E-state index contributed by atoms with van der Waals surface area (Å²) < 4.78 is 5.24. The lowest BCUT2D eigenvalue weighted by Crippen LogP contribution is -2.22. The highest BCUT2D eigenvalue weighted by molar-refractivity contribution is 5.76. The molecule has 1 aromatic carbocycles. The van der Waals surface area contributed by atoms with Crippen LogP contribution in [0.4, 0.5) is 5.69 Å². The van der Waals surface area contributed by atoms with Crippen LogP contribution in [-0.2, 0) is 9.53 Å². The standard InChI is InChI=1S/C15H18N2O4/c18-15(13-8-14(13)17(19)20)21-10-11-6-7-16(9-11)12-4-2-1-3-5-12/h1-5,11,13-14H,6-10H2/t11-,13-,14-/m1/s1. The van der Waals surface area contributed by atoms with Gasteiger partial charge in [0.05, 0.1) is 6.61 Å². The summed E-state index contributed by atoms with van der Waals surface area (Å²) in [6, 6.07) is 9.42. The minimum atomic E-state index is -0.720. The van der Waals surface area contributed by atoms with Crippen molar-refractivity contribution in [2.24, 2.45) is 11.8 Å². The van der Waals surface area contributed by atoms with Crippen molar-refractivity contribution in [1.82, 2.24) is 0 Å². The first-order chi connectivity index (χ1) is 10.1. The summed E-state index contributed by atoms with van der Waals surface area (Å²) in [6.07, 6.45) is 1.30. The second-order valence-electron chi connectivity index (χ2n) is 5.76. The molecule has 6 nitrogen and oxygen atoms in total. The first-order valence-electron chi connectivity index (χ1n) is 7.25. The number of hydrogen-bond acceptors (Lipinski definition) is 5. The average molecular weight is 290 g/mol. The van der Waals surface area contributed by atoms with Crippen LogP contribution >= 0.6 is 0 Å². The SMILES string of the molecule is O=C(OC[C@@H]1CCN(c2ccccc2)C1)[C@@H]1C[C@H]1[N+](=O)[O-]. The van der Waals surface area contributed by atoms with E-state index in [9.17, 15) is 14.9 Å². The molecule has 1 heterocycles. The number of rotatable bonds is 5. The first-order valence-corrected chi connectivity index (χ1v) is 7.25. The van der Waals surface area contributed by atoms with Crippen LogP contribution in [0, 0.1) is 22.0 Å². The number of nitro groups is 1. The molecule has 1 saturated carbocycles.